The van der Waals surface area contributed by atoms with E-state index in [1.165, 1.54) is 6.92 Å². The summed E-state index contributed by atoms with van der Waals surface area (Å²) in [6.07, 6.45) is -1.66. The molecule has 0 radical (unpaired) electrons. The Hall–Kier alpha value is -3.23. The van der Waals surface area contributed by atoms with Crippen molar-refractivity contribution in [3.05, 3.63) is 28.0 Å². The molecule has 5 aliphatic rings. The van der Waals surface area contributed by atoms with Crippen LogP contribution in [-0.4, -0.2) is 82.0 Å². The van der Waals surface area contributed by atoms with Crippen LogP contribution in [0.15, 0.2) is 6.07 Å². The molecule has 0 amide bonds. The monoisotopic (exact) mass is 679 g/mol. The van der Waals surface area contributed by atoms with E-state index < -0.39 is 46.1 Å². The summed E-state index contributed by atoms with van der Waals surface area (Å²) in [4.78, 5) is 17.9. The maximum Gasteiger partial charge on any atom is 0.417 e. The third-order valence-corrected chi connectivity index (χ3v) is 11.2. The van der Waals surface area contributed by atoms with Gasteiger partial charge >= 0.3 is 12.2 Å². The third kappa shape index (κ3) is 4.87. The Morgan fingerprint density at radius 2 is 2.02 bits per heavy atom. The Labute approximate surface area is 273 Å². The van der Waals surface area contributed by atoms with Crippen LogP contribution in [0.4, 0.5) is 33.5 Å². The zero-order chi connectivity index (χ0) is 33.0. The Morgan fingerprint density at radius 3 is 2.81 bits per heavy atom. The molecule has 252 valence electrons. The maximum atomic E-state index is 16.9. The van der Waals surface area contributed by atoms with Gasteiger partial charge in [-0.05, 0) is 64.1 Å². The highest BCUT2D eigenvalue weighted by Gasteiger charge is 2.49. The van der Waals surface area contributed by atoms with Crippen molar-refractivity contribution < 1.29 is 31.4 Å². The minimum Gasteiger partial charge on any atom is -0.472 e. The first-order valence-corrected chi connectivity index (χ1v) is 16.5. The van der Waals surface area contributed by atoms with E-state index >= 15 is 4.39 Å². The first-order chi connectivity index (χ1) is 22.3. The molecule has 0 saturated carbocycles. The summed E-state index contributed by atoms with van der Waals surface area (Å²) >= 11 is 6.42. The molecule has 0 spiro atoms. The third-order valence-electron chi connectivity index (χ3n) is 10.8. The summed E-state index contributed by atoms with van der Waals surface area (Å²) in [5, 5.41) is 3.29. The second kappa shape index (κ2) is 10.9. The van der Waals surface area contributed by atoms with Gasteiger partial charge < -0.3 is 25.4 Å². The van der Waals surface area contributed by atoms with Gasteiger partial charge in [-0.3, -0.25) is 4.90 Å². The van der Waals surface area contributed by atoms with Crippen LogP contribution in [0.1, 0.15) is 56.6 Å². The van der Waals surface area contributed by atoms with E-state index in [2.05, 4.69) is 25.1 Å². The first kappa shape index (κ1) is 31.1. The van der Waals surface area contributed by atoms with Crippen LogP contribution in [0.3, 0.4) is 0 Å². The predicted octanol–water partition coefficient (Wildman–Crippen LogP) is 5.83. The number of rotatable bonds is 5. The lowest BCUT2D eigenvalue weighted by Gasteiger charge is -2.42. The van der Waals surface area contributed by atoms with Crippen LogP contribution in [-0.2, 0) is 6.18 Å². The lowest BCUT2D eigenvalue weighted by atomic mass is 9.90. The van der Waals surface area contributed by atoms with Gasteiger partial charge in [-0.25, -0.2) is 13.8 Å². The van der Waals surface area contributed by atoms with Crippen molar-refractivity contribution in [1.82, 2.24) is 25.2 Å². The standard InChI is InChI=1S/C32H35ClF5N7O2/c1-14-10-18(39)23(33)20(22(14)32(36,37)38)25-24(35)26-21-28(45-13-17-4-5-19(40-17)27(45)15(2)47-29(21)41-25)43-30(42-26)46-9-7-31-6-3-8-44(31)12-16(34)11-31/h10,15-17,19,27,40H,3-9,11-13,39H2,1-2H3/t15-,16+,17+,19-,27+,31+/m0/s1. The molecule has 9 nitrogen and oxygen atoms in total. The molecular formula is C32H35ClF5N7O2. The molecule has 4 fully saturated rings. The molecule has 3 aromatic rings. The molecule has 4 saturated heterocycles. The average Bonchev–Trinajstić information content (AvgIpc) is 3.63. The summed E-state index contributed by atoms with van der Waals surface area (Å²) in [6, 6.07) is 0.963. The summed E-state index contributed by atoms with van der Waals surface area (Å²) < 4.78 is 87.2. The largest absolute Gasteiger partial charge is 0.472 e. The van der Waals surface area contributed by atoms with E-state index in [4.69, 9.17) is 31.8 Å². The number of aryl methyl sites for hydroxylation is 1. The van der Waals surface area contributed by atoms with E-state index in [9.17, 15) is 17.6 Å². The lowest BCUT2D eigenvalue weighted by molar-refractivity contribution is -0.137. The molecule has 1 aromatic carbocycles. The normalized spacial score (nSPS) is 30.0. The summed E-state index contributed by atoms with van der Waals surface area (Å²) in [5.41, 5.74) is 2.52. The van der Waals surface area contributed by atoms with Gasteiger partial charge in [0, 0.05) is 42.7 Å². The zero-order valence-corrected chi connectivity index (χ0v) is 26.7. The zero-order valence-electron chi connectivity index (χ0n) is 25.9. The number of halogens is 6. The van der Waals surface area contributed by atoms with E-state index in [0.717, 1.165) is 38.3 Å². The SMILES string of the molecule is Cc1cc(N)c(Cl)c(-c2nc3c4c(nc(OCC[C@@]56CCCN5C[C@H](F)C6)nc4c2F)N2C[C@H]4CC[C@H](N4)[C@H]2[C@H](C)O3)c1C(F)(F)F. The second-order valence-corrected chi connectivity index (χ2v) is 14.0. The van der Waals surface area contributed by atoms with Crippen molar-refractivity contribution in [3.8, 4) is 23.1 Å². The van der Waals surface area contributed by atoms with E-state index in [1.54, 1.807) is 0 Å². The van der Waals surface area contributed by atoms with E-state index in [1.807, 2.05) is 6.92 Å². The Kier molecular flexibility index (Phi) is 7.20. The van der Waals surface area contributed by atoms with Crippen LogP contribution in [0.25, 0.3) is 22.2 Å². The highest BCUT2D eigenvalue weighted by molar-refractivity contribution is 6.36. The number of nitrogens with one attached hydrogen (secondary N) is 1. The molecule has 47 heavy (non-hydrogen) atoms. The van der Waals surface area contributed by atoms with Gasteiger partial charge in [-0.2, -0.15) is 23.1 Å². The van der Waals surface area contributed by atoms with Crippen molar-refractivity contribution in [1.29, 1.82) is 0 Å². The number of alkyl halides is 4. The summed E-state index contributed by atoms with van der Waals surface area (Å²) in [6.45, 7) is 5.03. The van der Waals surface area contributed by atoms with Crippen molar-refractivity contribution in [2.45, 2.75) is 94.5 Å². The minimum absolute atomic E-state index is 0.0445. The highest BCUT2D eigenvalue weighted by Crippen LogP contribution is 2.49. The number of nitrogen functional groups attached to an aromatic ring is 1. The van der Waals surface area contributed by atoms with Gasteiger partial charge in [-0.1, -0.05) is 11.6 Å². The second-order valence-electron chi connectivity index (χ2n) is 13.7. The number of hydrogen-bond acceptors (Lipinski definition) is 9. The topological polar surface area (TPSA) is 102 Å². The summed E-state index contributed by atoms with van der Waals surface area (Å²) in [7, 11) is 0. The number of pyridine rings is 1. The van der Waals surface area contributed by atoms with Gasteiger partial charge in [-0.15, -0.1) is 0 Å². The van der Waals surface area contributed by atoms with Crippen LogP contribution in [0.5, 0.6) is 11.9 Å². The van der Waals surface area contributed by atoms with Crippen LogP contribution in [0.2, 0.25) is 5.02 Å². The fraction of sp³-hybridized carbons (Fsp3) is 0.594. The smallest absolute Gasteiger partial charge is 0.417 e. The molecule has 0 unspecified atom stereocenters. The predicted molar refractivity (Wildman–Crippen MR) is 166 cm³/mol. The van der Waals surface area contributed by atoms with Gasteiger partial charge in [0.1, 0.15) is 34.7 Å². The average molecular weight is 680 g/mol. The molecule has 0 aliphatic carbocycles. The Bertz CT molecular complexity index is 1780. The van der Waals surface area contributed by atoms with Crippen molar-refractivity contribution in [2.24, 2.45) is 0 Å². The maximum absolute atomic E-state index is 16.9. The number of nitrogens with two attached hydrogens (primary N) is 1. The number of benzene rings is 1. The number of nitrogens with zero attached hydrogens (tertiary/aromatic N) is 5. The first-order valence-electron chi connectivity index (χ1n) is 16.1. The molecule has 3 N–H and O–H groups in total. The summed E-state index contributed by atoms with van der Waals surface area (Å²) in [5.74, 6) is -0.874. The fourth-order valence-electron chi connectivity index (χ4n) is 8.87. The molecular weight excluding hydrogens is 645 g/mol. The lowest BCUT2D eigenvalue weighted by Crippen LogP contribution is -2.62. The van der Waals surface area contributed by atoms with Crippen LogP contribution >= 0.6 is 11.6 Å². The van der Waals surface area contributed by atoms with Crippen molar-refractivity contribution in [3.63, 3.8) is 0 Å². The highest BCUT2D eigenvalue weighted by atomic mass is 35.5. The molecule has 6 atom stereocenters. The molecule has 15 heteroatoms. The van der Waals surface area contributed by atoms with Crippen LogP contribution < -0.4 is 25.4 Å². The number of anilines is 2. The van der Waals surface area contributed by atoms with E-state index in [0.29, 0.717) is 31.7 Å². The molecule has 5 aliphatic heterocycles. The Balaban J connectivity index is 1.29. The number of ether oxygens (including phenoxy) is 2. The minimum atomic E-state index is -4.90. The van der Waals surface area contributed by atoms with Gasteiger partial charge in [0.05, 0.1) is 28.9 Å². The number of fused-ring (bicyclic) bond motifs is 6. The Morgan fingerprint density at radius 1 is 1.21 bits per heavy atom. The van der Waals surface area contributed by atoms with Gasteiger partial charge in [0.15, 0.2) is 5.82 Å². The molecule has 7 heterocycles. The molecule has 2 bridgehead atoms. The van der Waals surface area contributed by atoms with E-state index in [-0.39, 0.29) is 64.3 Å². The fourth-order valence-corrected chi connectivity index (χ4v) is 9.11. The van der Waals surface area contributed by atoms with Crippen LogP contribution in [0, 0.1) is 12.7 Å². The molecule has 2 aromatic heterocycles. The van der Waals surface area contributed by atoms with Gasteiger partial charge in [0.25, 0.3) is 0 Å². The quantitative estimate of drug-likeness (QED) is 0.255. The molecule has 8 rings (SSSR count). The number of piperazine rings is 1. The van der Waals surface area contributed by atoms with Crippen molar-refractivity contribution >= 4 is 34.0 Å². The van der Waals surface area contributed by atoms with Crippen molar-refractivity contribution in [2.75, 3.05) is 36.9 Å². The number of aromatic nitrogens is 3. The number of hydrogen-bond donors (Lipinski definition) is 2. The van der Waals surface area contributed by atoms with Gasteiger partial charge in [0.2, 0.25) is 5.88 Å².